The number of ether oxygens (including phenoxy) is 4. The number of aliphatic hydroxyl groups is 4. The first kappa shape index (κ1) is 39.1. The smallest absolute Gasteiger partial charge is 0.433 e. The van der Waals surface area contributed by atoms with Crippen LogP contribution in [-0.2, 0) is 16.8 Å². The Morgan fingerprint density at radius 2 is 1.67 bits per heavy atom. The predicted octanol–water partition coefficient (Wildman–Crippen LogP) is 3.82. The second-order valence-electron chi connectivity index (χ2n) is 11.7. The molecule has 0 spiro atoms. The molecule has 3 heterocycles. The van der Waals surface area contributed by atoms with E-state index in [4.69, 9.17) is 14.2 Å². The summed E-state index contributed by atoms with van der Waals surface area (Å²) in [5, 5.41) is 49.4. The van der Waals surface area contributed by atoms with E-state index in [-0.39, 0.29) is 57.2 Å². The number of rotatable bonds is 13. The van der Waals surface area contributed by atoms with Gasteiger partial charge in [-0.3, -0.25) is 0 Å². The minimum Gasteiger partial charge on any atom is -0.487 e. The molecule has 1 unspecified atom stereocenters. The van der Waals surface area contributed by atoms with E-state index in [1.807, 2.05) is 5.32 Å². The lowest BCUT2D eigenvalue weighted by Crippen LogP contribution is -2.65. The van der Waals surface area contributed by atoms with Gasteiger partial charge in [-0.25, -0.2) is 14.8 Å². The van der Waals surface area contributed by atoms with Crippen molar-refractivity contribution in [1.82, 2.24) is 15.3 Å². The molecule has 2 aromatic heterocycles. The van der Waals surface area contributed by atoms with E-state index in [1.165, 1.54) is 30.5 Å². The summed E-state index contributed by atoms with van der Waals surface area (Å²) in [5.41, 5.74) is -4.87. The number of alkyl halides is 8. The highest BCUT2D eigenvalue weighted by Crippen LogP contribution is 2.52. The van der Waals surface area contributed by atoms with Gasteiger partial charge in [0.2, 0.25) is 12.2 Å². The average molecular weight is 776 g/mol. The Hall–Kier alpha value is -4.09. The van der Waals surface area contributed by atoms with Crippen molar-refractivity contribution in [3.8, 4) is 17.4 Å². The van der Waals surface area contributed by atoms with Gasteiger partial charge in [0, 0.05) is 29.3 Å². The molecule has 1 aliphatic heterocycles. The number of carbonyl (C=O) groups is 1. The van der Waals surface area contributed by atoms with Crippen molar-refractivity contribution in [3.05, 3.63) is 63.7 Å². The highest BCUT2D eigenvalue weighted by atomic mass is 32.1. The summed E-state index contributed by atoms with van der Waals surface area (Å²) in [6, 6.07) is 4.63. The summed E-state index contributed by atoms with van der Waals surface area (Å²) in [7, 11) is 0. The summed E-state index contributed by atoms with van der Waals surface area (Å²) < 4.78 is 129. The summed E-state index contributed by atoms with van der Waals surface area (Å²) in [6.45, 7) is -4.03. The molecule has 5 rings (SSSR count). The number of pyridine rings is 1. The molecule has 2 aliphatic rings. The van der Waals surface area contributed by atoms with Crippen LogP contribution >= 0.6 is 11.3 Å². The van der Waals surface area contributed by atoms with E-state index in [9.17, 15) is 65.5 Å². The van der Waals surface area contributed by atoms with E-state index < -0.39 is 78.8 Å². The second kappa shape index (κ2) is 15.1. The minimum absolute atomic E-state index is 0.0774. The summed E-state index contributed by atoms with van der Waals surface area (Å²) in [6.07, 6.45) is -18.0. The molecule has 6 atom stereocenters. The van der Waals surface area contributed by atoms with Crippen LogP contribution in [0.1, 0.15) is 39.8 Å². The quantitative estimate of drug-likeness (QED) is 0.138. The maximum atomic E-state index is 13.7. The van der Waals surface area contributed by atoms with Crippen molar-refractivity contribution in [2.75, 3.05) is 6.61 Å². The first-order chi connectivity index (χ1) is 24.3. The van der Waals surface area contributed by atoms with Gasteiger partial charge in [0.25, 0.3) is 0 Å². The molecule has 3 aromatic rings. The van der Waals surface area contributed by atoms with Gasteiger partial charge in [0.05, 0.1) is 12.7 Å². The number of halogens is 8. The van der Waals surface area contributed by atoms with E-state index in [2.05, 4.69) is 14.7 Å². The zero-order valence-electron chi connectivity index (χ0n) is 26.1. The van der Waals surface area contributed by atoms with Crippen LogP contribution in [-0.4, -0.2) is 104 Å². The summed E-state index contributed by atoms with van der Waals surface area (Å²) >= 11 is -0.0774. The Kier molecular flexibility index (Phi) is 11.4. The van der Waals surface area contributed by atoms with Crippen molar-refractivity contribution in [2.24, 2.45) is 0 Å². The molecule has 1 aliphatic carbocycles. The molecule has 1 saturated carbocycles. The van der Waals surface area contributed by atoms with Gasteiger partial charge in [-0.05, 0) is 42.5 Å². The SMILES string of the molecule is O=C(O)N[C@H]1[C@H](Oc2ccc(CC(c3ccc(OC(F)F)c(OC4CC4)c3)c3cnc(C(O)(C(F)(F)F)C(F)(F)F)s3)cn2)O[C@H](CO)[C@@H](O)[C@@H]1O. The number of nitrogens with zero attached hydrogens (tertiary/aromatic N) is 2. The van der Waals surface area contributed by atoms with Crippen LogP contribution < -0.4 is 19.5 Å². The lowest BCUT2D eigenvalue weighted by atomic mass is 9.91. The van der Waals surface area contributed by atoms with Crippen LogP contribution in [0.2, 0.25) is 0 Å². The molecule has 1 saturated heterocycles. The molecule has 2 fully saturated rings. The molecule has 0 radical (unpaired) electrons. The monoisotopic (exact) mass is 775 g/mol. The van der Waals surface area contributed by atoms with Crippen LogP contribution in [0.3, 0.4) is 0 Å². The van der Waals surface area contributed by atoms with E-state index >= 15 is 0 Å². The fourth-order valence-corrected chi connectivity index (χ4v) is 6.40. The lowest BCUT2D eigenvalue weighted by Gasteiger charge is -2.41. The first-order valence-corrected chi connectivity index (χ1v) is 15.9. The van der Waals surface area contributed by atoms with Gasteiger partial charge in [-0.15, -0.1) is 11.3 Å². The number of hydrogen-bond donors (Lipinski definition) is 6. The van der Waals surface area contributed by atoms with Crippen LogP contribution in [0.15, 0.2) is 42.7 Å². The Bertz CT molecular complexity index is 1680. The van der Waals surface area contributed by atoms with Crippen LogP contribution in [0, 0.1) is 0 Å². The standard InChI is InChI=1S/C30H29F8N3O10S/c31-26(32)50-16-5-2-13(8-17(16)48-14-3-4-14)15(19-10-40-25(52-19)28(47,29(33,34)35)30(36,37)38)7-12-1-6-20(39-9-12)51-24-21(41-27(45)46)23(44)22(43)18(11-42)49-24/h1-2,5-6,8-10,14-15,18,21-24,26,41-44,47H,3-4,7,11H2,(H,45,46)/t15?,18-,21-,22-,23-,24+/m1/s1. The number of carboxylic acid groups (broad SMARTS) is 1. The number of aromatic nitrogens is 2. The normalized spacial score (nSPS) is 23.3. The number of hydrogen-bond acceptors (Lipinski definition) is 12. The van der Waals surface area contributed by atoms with Crippen molar-refractivity contribution >= 4 is 17.4 Å². The van der Waals surface area contributed by atoms with Gasteiger partial charge in [-0.2, -0.15) is 35.1 Å². The fourth-order valence-electron chi connectivity index (χ4n) is 5.23. The first-order valence-electron chi connectivity index (χ1n) is 15.1. The van der Waals surface area contributed by atoms with Gasteiger partial charge < -0.3 is 49.8 Å². The Labute approximate surface area is 291 Å². The van der Waals surface area contributed by atoms with Crippen LogP contribution in [0.5, 0.6) is 17.4 Å². The van der Waals surface area contributed by atoms with E-state index in [0.29, 0.717) is 12.8 Å². The Morgan fingerprint density at radius 3 is 2.23 bits per heavy atom. The molecule has 13 nitrogen and oxygen atoms in total. The Morgan fingerprint density at radius 1 is 0.981 bits per heavy atom. The zero-order chi connectivity index (χ0) is 38.2. The largest absolute Gasteiger partial charge is 0.487 e. The topological polar surface area (TPSA) is 193 Å². The van der Waals surface area contributed by atoms with Gasteiger partial charge in [-0.1, -0.05) is 12.1 Å². The highest BCUT2D eigenvalue weighted by Gasteiger charge is 2.73. The summed E-state index contributed by atoms with van der Waals surface area (Å²) in [4.78, 5) is 18.5. The molecule has 52 heavy (non-hydrogen) atoms. The number of amides is 1. The minimum atomic E-state index is -6.21. The molecule has 6 N–H and O–H groups in total. The van der Waals surface area contributed by atoms with Crippen LogP contribution in [0.25, 0.3) is 0 Å². The molecule has 1 aromatic carbocycles. The molecule has 286 valence electrons. The van der Waals surface area contributed by atoms with Crippen molar-refractivity contribution in [3.63, 3.8) is 0 Å². The van der Waals surface area contributed by atoms with Crippen molar-refractivity contribution in [2.45, 2.75) is 86.5 Å². The third-order valence-electron chi connectivity index (χ3n) is 8.05. The van der Waals surface area contributed by atoms with Crippen molar-refractivity contribution in [1.29, 1.82) is 0 Å². The van der Waals surface area contributed by atoms with Crippen LogP contribution in [0.4, 0.5) is 39.9 Å². The van der Waals surface area contributed by atoms with Gasteiger partial charge >= 0.3 is 30.7 Å². The fraction of sp³-hybridized carbons (Fsp3) is 0.500. The van der Waals surface area contributed by atoms with E-state index in [0.717, 1.165) is 12.3 Å². The third-order valence-corrected chi connectivity index (χ3v) is 9.27. The highest BCUT2D eigenvalue weighted by molar-refractivity contribution is 7.11. The average Bonchev–Trinajstić information content (AvgIpc) is 3.74. The Balaban J connectivity index is 1.48. The number of benzene rings is 1. The maximum absolute atomic E-state index is 13.7. The van der Waals surface area contributed by atoms with E-state index in [1.54, 1.807) is 0 Å². The molecule has 22 heteroatoms. The maximum Gasteiger partial charge on any atom is 0.433 e. The third kappa shape index (κ3) is 8.41. The number of nitrogens with one attached hydrogen (secondary N) is 1. The zero-order valence-corrected chi connectivity index (χ0v) is 26.9. The summed E-state index contributed by atoms with van der Waals surface area (Å²) in [5.74, 6) is -1.91. The van der Waals surface area contributed by atoms with Gasteiger partial charge in [0.15, 0.2) is 11.5 Å². The molecular weight excluding hydrogens is 746 g/mol. The molecular formula is C30H29F8N3O10S. The lowest BCUT2D eigenvalue weighted by molar-refractivity contribution is -0.376. The number of aliphatic hydroxyl groups excluding tert-OH is 3. The van der Waals surface area contributed by atoms with Gasteiger partial charge in [0.1, 0.15) is 29.4 Å². The molecule has 0 bridgehead atoms. The van der Waals surface area contributed by atoms with Crippen molar-refractivity contribution < 1.29 is 84.4 Å². The number of thiazole rings is 1. The second-order valence-corrected chi connectivity index (χ2v) is 12.8. The molecule has 1 amide bonds. The predicted molar refractivity (Wildman–Crippen MR) is 158 cm³/mol.